The van der Waals surface area contributed by atoms with E-state index in [2.05, 4.69) is 59.5 Å². The normalized spacial score (nSPS) is 19.7. The first-order valence-electron chi connectivity index (χ1n) is 7.86. The minimum atomic E-state index is -0.338. The smallest absolute Gasteiger partial charge is 0.0787 e. The fourth-order valence-electron chi connectivity index (χ4n) is 3.14. The lowest BCUT2D eigenvalue weighted by Gasteiger charge is -2.20. The Hall–Kier alpha value is -1.80. The molecule has 110 valence electrons. The highest BCUT2D eigenvalue weighted by Crippen LogP contribution is 2.31. The van der Waals surface area contributed by atoms with Crippen molar-refractivity contribution in [3.8, 4) is 0 Å². The van der Waals surface area contributed by atoms with Crippen LogP contribution in [0.4, 0.5) is 5.69 Å². The fraction of sp³-hybridized carbons (Fsp3) is 0.368. The molecule has 1 saturated heterocycles. The lowest BCUT2D eigenvalue weighted by Crippen LogP contribution is -2.19. The summed E-state index contributed by atoms with van der Waals surface area (Å²) in [5.41, 5.74) is 3.72. The third kappa shape index (κ3) is 3.11. The van der Waals surface area contributed by atoms with E-state index in [0.717, 1.165) is 25.1 Å². The third-order valence-corrected chi connectivity index (χ3v) is 4.49. The van der Waals surface area contributed by atoms with E-state index in [1.54, 1.807) is 0 Å². The van der Waals surface area contributed by atoms with Crippen molar-refractivity contribution in [1.29, 1.82) is 0 Å². The molecule has 1 fully saturated rings. The van der Waals surface area contributed by atoms with Gasteiger partial charge in [-0.15, -0.1) is 0 Å². The number of aliphatic hydroxyl groups is 1. The number of nitrogens with zero attached hydrogens (tertiary/aromatic N) is 1. The van der Waals surface area contributed by atoms with Gasteiger partial charge in [-0.2, -0.15) is 0 Å². The lowest BCUT2D eigenvalue weighted by atomic mass is 9.99. The molecule has 1 aliphatic rings. The van der Waals surface area contributed by atoms with Crippen LogP contribution in [-0.2, 0) is 0 Å². The van der Waals surface area contributed by atoms with Crippen LogP contribution in [0.25, 0.3) is 0 Å². The zero-order valence-corrected chi connectivity index (χ0v) is 12.6. The minimum absolute atomic E-state index is 0.338. The highest BCUT2D eigenvalue weighted by molar-refractivity contribution is 5.49. The van der Waals surface area contributed by atoms with Gasteiger partial charge < -0.3 is 10.0 Å². The van der Waals surface area contributed by atoms with Crippen LogP contribution in [0.1, 0.15) is 42.9 Å². The first-order valence-corrected chi connectivity index (χ1v) is 7.86. The van der Waals surface area contributed by atoms with Gasteiger partial charge in [0.1, 0.15) is 0 Å². The van der Waals surface area contributed by atoms with E-state index < -0.39 is 0 Å². The Kier molecular flexibility index (Phi) is 4.26. The van der Waals surface area contributed by atoms with Crippen molar-refractivity contribution >= 4 is 5.69 Å². The van der Waals surface area contributed by atoms with Gasteiger partial charge in [0.05, 0.1) is 6.10 Å². The SMILES string of the molecule is CC[C@H](O)c1ccc(N2CCC(c3ccccc3)C2)cc1. The van der Waals surface area contributed by atoms with E-state index in [4.69, 9.17) is 0 Å². The molecule has 1 aliphatic heterocycles. The zero-order valence-electron chi connectivity index (χ0n) is 12.6. The highest BCUT2D eigenvalue weighted by atomic mass is 16.3. The van der Waals surface area contributed by atoms with Gasteiger partial charge in [-0.3, -0.25) is 0 Å². The average Bonchev–Trinajstić information content (AvgIpc) is 3.05. The van der Waals surface area contributed by atoms with Crippen molar-refractivity contribution in [1.82, 2.24) is 0 Å². The van der Waals surface area contributed by atoms with Crippen molar-refractivity contribution < 1.29 is 5.11 Å². The average molecular weight is 281 g/mol. The van der Waals surface area contributed by atoms with Crippen molar-refractivity contribution in [3.63, 3.8) is 0 Å². The monoisotopic (exact) mass is 281 g/mol. The summed E-state index contributed by atoms with van der Waals surface area (Å²) in [6.45, 7) is 4.19. The summed E-state index contributed by atoms with van der Waals surface area (Å²) in [6, 6.07) is 19.2. The summed E-state index contributed by atoms with van der Waals surface area (Å²) < 4.78 is 0. The Labute approximate surface area is 127 Å². The number of hydrogen-bond donors (Lipinski definition) is 1. The van der Waals surface area contributed by atoms with Crippen LogP contribution in [0.3, 0.4) is 0 Å². The summed E-state index contributed by atoms with van der Waals surface area (Å²) in [7, 11) is 0. The molecular weight excluding hydrogens is 258 g/mol. The Morgan fingerprint density at radius 2 is 1.81 bits per heavy atom. The van der Waals surface area contributed by atoms with Gasteiger partial charge in [0.15, 0.2) is 0 Å². The Balaban J connectivity index is 1.69. The lowest BCUT2D eigenvalue weighted by molar-refractivity contribution is 0.173. The second-order valence-corrected chi connectivity index (χ2v) is 5.86. The topological polar surface area (TPSA) is 23.5 Å². The van der Waals surface area contributed by atoms with Crippen LogP contribution in [0.5, 0.6) is 0 Å². The van der Waals surface area contributed by atoms with E-state index in [1.165, 1.54) is 17.7 Å². The Bertz CT molecular complexity index is 564. The van der Waals surface area contributed by atoms with Crippen LogP contribution < -0.4 is 4.90 Å². The molecule has 1 heterocycles. The van der Waals surface area contributed by atoms with Gasteiger partial charge in [0.25, 0.3) is 0 Å². The molecule has 2 aromatic carbocycles. The second-order valence-electron chi connectivity index (χ2n) is 5.86. The molecule has 1 unspecified atom stereocenters. The van der Waals surface area contributed by atoms with Gasteiger partial charge in [0, 0.05) is 24.7 Å². The van der Waals surface area contributed by atoms with Crippen LogP contribution in [0, 0.1) is 0 Å². The van der Waals surface area contributed by atoms with E-state index in [-0.39, 0.29) is 6.10 Å². The highest BCUT2D eigenvalue weighted by Gasteiger charge is 2.23. The number of benzene rings is 2. The predicted molar refractivity (Wildman–Crippen MR) is 87.7 cm³/mol. The van der Waals surface area contributed by atoms with Gasteiger partial charge >= 0.3 is 0 Å². The standard InChI is InChI=1S/C19H23NO/c1-2-19(21)16-8-10-18(11-9-16)20-13-12-17(14-20)15-6-4-3-5-7-15/h3-11,17,19,21H,2,12-14H2,1H3/t17?,19-/m0/s1. The summed E-state index contributed by atoms with van der Waals surface area (Å²) in [5, 5.41) is 9.86. The molecule has 0 aromatic heterocycles. The molecule has 2 heteroatoms. The van der Waals surface area contributed by atoms with Crippen molar-refractivity contribution in [2.75, 3.05) is 18.0 Å². The first kappa shape index (κ1) is 14.2. The van der Waals surface area contributed by atoms with Crippen LogP contribution >= 0.6 is 0 Å². The predicted octanol–water partition coefficient (Wildman–Crippen LogP) is 4.12. The van der Waals surface area contributed by atoms with Gasteiger partial charge in [-0.25, -0.2) is 0 Å². The zero-order chi connectivity index (χ0) is 14.7. The fourth-order valence-corrected chi connectivity index (χ4v) is 3.14. The van der Waals surface area contributed by atoms with Gasteiger partial charge in [-0.05, 0) is 36.1 Å². The molecule has 0 saturated carbocycles. The van der Waals surface area contributed by atoms with Crippen molar-refractivity contribution in [2.45, 2.75) is 31.8 Å². The van der Waals surface area contributed by atoms with Crippen LogP contribution in [-0.4, -0.2) is 18.2 Å². The van der Waals surface area contributed by atoms with Gasteiger partial charge in [-0.1, -0.05) is 49.4 Å². The van der Waals surface area contributed by atoms with Crippen LogP contribution in [0.2, 0.25) is 0 Å². The molecule has 0 radical (unpaired) electrons. The molecule has 21 heavy (non-hydrogen) atoms. The maximum absolute atomic E-state index is 9.86. The van der Waals surface area contributed by atoms with E-state index >= 15 is 0 Å². The summed E-state index contributed by atoms with van der Waals surface area (Å²) in [6.07, 6.45) is 1.64. The first-order chi connectivity index (χ1) is 10.3. The van der Waals surface area contributed by atoms with E-state index in [1.807, 2.05) is 6.92 Å². The number of aliphatic hydroxyl groups excluding tert-OH is 1. The maximum atomic E-state index is 9.86. The Morgan fingerprint density at radius 1 is 1.10 bits per heavy atom. The molecular formula is C19H23NO. The molecule has 0 bridgehead atoms. The molecule has 1 N–H and O–H groups in total. The van der Waals surface area contributed by atoms with Gasteiger partial charge in [0.2, 0.25) is 0 Å². The third-order valence-electron chi connectivity index (χ3n) is 4.49. The number of anilines is 1. The molecule has 3 rings (SSSR count). The molecule has 2 aromatic rings. The minimum Gasteiger partial charge on any atom is -0.388 e. The number of hydrogen-bond acceptors (Lipinski definition) is 2. The quantitative estimate of drug-likeness (QED) is 0.911. The molecule has 0 amide bonds. The van der Waals surface area contributed by atoms with Crippen molar-refractivity contribution in [3.05, 3.63) is 65.7 Å². The summed E-state index contributed by atoms with van der Waals surface area (Å²) >= 11 is 0. The maximum Gasteiger partial charge on any atom is 0.0787 e. The van der Waals surface area contributed by atoms with E-state index in [0.29, 0.717) is 5.92 Å². The van der Waals surface area contributed by atoms with Crippen LogP contribution in [0.15, 0.2) is 54.6 Å². The van der Waals surface area contributed by atoms with E-state index in [9.17, 15) is 5.11 Å². The molecule has 0 spiro atoms. The summed E-state index contributed by atoms with van der Waals surface area (Å²) in [5.74, 6) is 0.632. The molecule has 2 atom stereocenters. The molecule has 0 aliphatic carbocycles. The molecule has 2 nitrogen and oxygen atoms in total. The number of rotatable bonds is 4. The Morgan fingerprint density at radius 3 is 2.48 bits per heavy atom. The van der Waals surface area contributed by atoms with Crippen molar-refractivity contribution in [2.24, 2.45) is 0 Å². The second kappa shape index (κ2) is 6.31. The largest absolute Gasteiger partial charge is 0.388 e. The summed E-state index contributed by atoms with van der Waals surface area (Å²) in [4.78, 5) is 2.44.